The molecule has 0 fully saturated rings. The van der Waals surface area contributed by atoms with Crippen LogP contribution in [-0.4, -0.2) is 16.2 Å². The van der Waals surface area contributed by atoms with Crippen LogP contribution in [0, 0.1) is 10.1 Å². The number of pyridine rings is 1. The number of hydrogen-bond acceptors (Lipinski definition) is 4. The van der Waals surface area contributed by atoms with E-state index >= 15 is 0 Å². The van der Waals surface area contributed by atoms with E-state index in [0.717, 1.165) is 6.07 Å². The average Bonchev–Trinajstić information content (AvgIpc) is 2.16. The predicted molar refractivity (Wildman–Crippen MR) is 48.9 cm³/mol. The van der Waals surface area contributed by atoms with Crippen LogP contribution in [0.2, 0.25) is 0 Å². The molecule has 0 saturated carbocycles. The minimum absolute atomic E-state index is 0.0659. The minimum Gasteiger partial charge on any atom is -0.296 e. The van der Waals surface area contributed by atoms with E-state index in [4.69, 9.17) is 0 Å². The number of hydrogen-bond donors (Lipinski definition) is 0. The smallest absolute Gasteiger partial charge is 0.296 e. The fourth-order valence-electron chi connectivity index (χ4n) is 0.894. The molecule has 15 heavy (non-hydrogen) atoms. The van der Waals surface area contributed by atoms with Gasteiger partial charge in [-0.2, -0.15) is 0 Å². The molecule has 0 aliphatic carbocycles. The molecule has 1 heterocycles. The standard InChI is InChI=1S/C7H3BrF2N2O3/c8-3-1-5(12(14)15)4(2-13)11-6(3)7(9)10/h1-2,7H. The van der Waals surface area contributed by atoms with Gasteiger partial charge in [-0.3, -0.25) is 14.9 Å². The Bertz CT molecular complexity index is 425. The number of nitro groups is 1. The van der Waals surface area contributed by atoms with Gasteiger partial charge in [0.05, 0.1) is 9.40 Å². The lowest BCUT2D eigenvalue weighted by atomic mass is 10.2. The van der Waals surface area contributed by atoms with Crippen LogP contribution < -0.4 is 0 Å². The second-order valence-electron chi connectivity index (χ2n) is 2.44. The SMILES string of the molecule is O=Cc1nc(C(F)F)c(Br)cc1[N+](=O)[O-]. The molecule has 0 aliphatic heterocycles. The number of halogens is 3. The first-order valence-electron chi connectivity index (χ1n) is 3.55. The van der Waals surface area contributed by atoms with E-state index in [1.165, 1.54) is 0 Å². The van der Waals surface area contributed by atoms with Gasteiger partial charge in [-0.25, -0.2) is 13.8 Å². The summed E-state index contributed by atoms with van der Waals surface area (Å²) in [5.74, 6) is 0. The molecule has 0 aliphatic rings. The highest BCUT2D eigenvalue weighted by atomic mass is 79.9. The number of carbonyl (C=O) groups excluding carboxylic acids is 1. The van der Waals surface area contributed by atoms with E-state index in [-0.39, 0.29) is 10.8 Å². The number of alkyl halides is 2. The highest BCUT2D eigenvalue weighted by Crippen LogP contribution is 2.29. The fourth-order valence-corrected chi connectivity index (χ4v) is 1.37. The van der Waals surface area contributed by atoms with Crippen LogP contribution in [0.5, 0.6) is 0 Å². The van der Waals surface area contributed by atoms with Crippen LogP contribution in [-0.2, 0) is 0 Å². The van der Waals surface area contributed by atoms with Crippen molar-refractivity contribution in [1.29, 1.82) is 0 Å². The molecule has 5 nitrogen and oxygen atoms in total. The molecular weight excluding hydrogens is 278 g/mol. The van der Waals surface area contributed by atoms with Crippen molar-refractivity contribution in [3.05, 3.63) is 32.0 Å². The third-order valence-corrected chi connectivity index (χ3v) is 2.16. The highest BCUT2D eigenvalue weighted by Gasteiger charge is 2.22. The quantitative estimate of drug-likeness (QED) is 0.484. The van der Waals surface area contributed by atoms with Gasteiger partial charge in [-0.1, -0.05) is 0 Å². The van der Waals surface area contributed by atoms with Gasteiger partial charge in [0.25, 0.3) is 12.1 Å². The van der Waals surface area contributed by atoms with Crippen LogP contribution in [0.3, 0.4) is 0 Å². The Morgan fingerprint density at radius 2 is 2.20 bits per heavy atom. The van der Waals surface area contributed by atoms with Crippen molar-refractivity contribution in [2.45, 2.75) is 6.43 Å². The first-order chi connectivity index (χ1) is 6.97. The molecule has 1 aromatic rings. The second kappa shape index (κ2) is 4.39. The van der Waals surface area contributed by atoms with E-state index in [9.17, 15) is 23.7 Å². The number of aromatic nitrogens is 1. The summed E-state index contributed by atoms with van der Waals surface area (Å²) in [7, 11) is 0. The molecule has 1 aromatic heterocycles. The number of rotatable bonds is 3. The Morgan fingerprint density at radius 1 is 1.60 bits per heavy atom. The first kappa shape index (κ1) is 11.6. The average molecular weight is 281 g/mol. The molecule has 80 valence electrons. The molecule has 0 atom stereocenters. The summed E-state index contributed by atoms with van der Waals surface area (Å²) in [6, 6.07) is 0.832. The van der Waals surface area contributed by atoms with Gasteiger partial charge in [0.15, 0.2) is 12.0 Å². The molecule has 0 unspecified atom stereocenters. The van der Waals surface area contributed by atoms with Crippen molar-refractivity contribution in [3.8, 4) is 0 Å². The zero-order valence-electron chi connectivity index (χ0n) is 6.99. The molecular formula is C7H3BrF2N2O3. The molecule has 0 bridgehead atoms. The zero-order chi connectivity index (χ0) is 11.6. The number of carbonyl (C=O) groups is 1. The topological polar surface area (TPSA) is 73.1 Å². The third kappa shape index (κ3) is 2.32. The fraction of sp³-hybridized carbons (Fsp3) is 0.143. The number of nitrogens with zero attached hydrogens (tertiary/aromatic N) is 2. The molecule has 0 spiro atoms. The van der Waals surface area contributed by atoms with Gasteiger partial charge in [-0.05, 0) is 15.9 Å². The molecule has 0 saturated heterocycles. The Kier molecular flexibility index (Phi) is 3.40. The maximum atomic E-state index is 12.3. The van der Waals surface area contributed by atoms with E-state index in [1.807, 2.05) is 0 Å². The summed E-state index contributed by atoms with van der Waals surface area (Å²) in [5, 5.41) is 10.4. The van der Waals surface area contributed by atoms with Gasteiger partial charge in [-0.15, -0.1) is 0 Å². The molecule has 1 rings (SSSR count). The summed E-state index contributed by atoms with van der Waals surface area (Å²) < 4.78 is 24.4. The lowest BCUT2D eigenvalue weighted by Crippen LogP contribution is -2.02. The third-order valence-electron chi connectivity index (χ3n) is 1.53. The Balaban J connectivity index is 3.42. The van der Waals surface area contributed by atoms with Gasteiger partial charge >= 0.3 is 0 Å². The Morgan fingerprint density at radius 3 is 2.60 bits per heavy atom. The van der Waals surface area contributed by atoms with Gasteiger partial charge in [0.2, 0.25) is 0 Å². The molecule has 0 radical (unpaired) electrons. The molecule has 0 amide bonds. The van der Waals surface area contributed by atoms with Gasteiger partial charge < -0.3 is 0 Å². The molecule has 0 aromatic carbocycles. The van der Waals surface area contributed by atoms with Crippen molar-refractivity contribution in [3.63, 3.8) is 0 Å². The van der Waals surface area contributed by atoms with Crippen LogP contribution in [0.15, 0.2) is 10.5 Å². The highest BCUT2D eigenvalue weighted by molar-refractivity contribution is 9.10. The molecule has 0 N–H and O–H groups in total. The summed E-state index contributed by atoms with van der Waals surface area (Å²) in [5.41, 5.74) is -1.91. The largest absolute Gasteiger partial charge is 0.299 e. The van der Waals surface area contributed by atoms with Crippen LogP contribution >= 0.6 is 15.9 Å². The van der Waals surface area contributed by atoms with E-state index in [0.29, 0.717) is 0 Å². The Labute approximate surface area is 90.4 Å². The lowest BCUT2D eigenvalue weighted by molar-refractivity contribution is -0.385. The number of aldehydes is 1. The van der Waals surface area contributed by atoms with E-state index in [1.54, 1.807) is 0 Å². The minimum atomic E-state index is -2.90. The molecule has 8 heteroatoms. The second-order valence-corrected chi connectivity index (χ2v) is 3.29. The summed E-state index contributed by atoms with van der Waals surface area (Å²) in [4.78, 5) is 23.1. The van der Waals surface area contributed by atoms with Crippen molar-refractivity contribution in [1.82, 2.24) is 4.98 Å². The monoisotopic (exact) mass is 280 g/mol. The summed E-state index contributed by atoms with van der Waals surface area (Å²) in [6.45, 7) is 0. The van der Waals surface area contributed by atoms with Crippen molar-refractivity contribution >= 4 is 27.9 Å². The normalized spacial score (nSPS) is 10.4. The van der Waals surface area contributed by atoms with Gasteiger partial charge in [0.1, 0.15) is 5.69 Å². The summed E-state index contributed by atoms with van der Waals surface area (Å²) in [6.07, 6.45) is -2.84. The zero-order valence-corrected chi connectivity index (χ0v) is 8.57. The lowest BCUT2D eigenvalue weighted by Gasteiger charge is -2.03. The maximum absolute atomic E-state index is 12.3. The van der Waals surface area contributed by atoms with Crippen LogP contribution in [0.1, 0.15) is 22.6 Å². The maximum Gasteiger partial charge on any atom is 0.299 e. The van der Waals surface area contributed by atoms with Crippen molar-refractivity contribution in [2.75, 3.05) is 0 Å². The van der Waals surface area contributed by atoms with E-state index in [2.05, 4.69) is 20.9 Å². The predicted octanol–water partition coefficient (Wildman–Crippen LogP) is 2.50. The Hall–Kier alpha value is -1.44. The summed E-state index contributed by atoms with van der Waals surface area (Å²) >= 11 is 2.72. The van der Waals surface area contributed by atoms with Crippen LogP contribution in [0.25, 0.3) is 0 Å². The van der Waals surface area contributed by atoms with E-state index < -0.39 is 28.4 Å². The van der Waals surface area contributed by atoms with Gasteiger partial charge in [0, 0.05) is 6.07 Å². The first-order valence-corrected chi connectivity index (χ1v) is 4.34. The van der Waals surface area contributed by atoms with Crippen molar-refractivity contribution in [2.24, 2.45) is 0 Å². The van der Waals surface area contributed by atoms with Crippen molar-refractivity contribution < 1.29 is 18.5 Å². The van der Waals surface area contributed by atoms with Crippen LogP contribution in [0.4, 0.5) is 14.5 Å².